The van der Waals surface area contributed by atoms with Gasteiger partial charge in [-0.25, -0.2) is 19.2 Å². The number of piperidine rings is 1. The number of aryl methyl sites for hydroxylation is 2. The van der Waals surface area contributed by atoms with Gasteiger partial charge in [0.1, 0.15) is 0 Å². The zero-order valence-corrected chi connectivity index (χ0v) is 26.8. The van der Waals surface area contributed by atoms with Crippen molar-refractivity contribution >= 4 is 29.6 Å². The van der Waals surface area contributed by atoms with E-state index in [4.69, 9.17) is 15.2 Å². The maximum absolute atomic E-state index is 12.2. The molecule has 10 nitrogen and oxygen atoms in total. The van der Waals surface area contributed by atoms with Crippen LogP contribution in [0.15, 0.2) is 72.8 Å². The summed E-state index contributed by atoms with van der Waals surface area (Å²) < 4.78 is 9.64. The van der Waals surface area contributed by atoms with Gasteiger partial charge in [-0.3, -0.25) is 0 Å². The first-order chi connectivity index (χ1) is 21.9. The highest BCUT2D eigenvalue weighted by atomic mass is 16.6. The molecule has 3 aromatic carbocycles. The molecule has 246 valence electrons. The molecule has 0 aliphatic carbocycles. The van der Waals surface area contributed by atoms with E-state index < -0.39 is 36.1 Å². The fourth-order valence-electron chi connectivity index (χ4n) is 5.09. The van der Waals surface area contributed by atoms with Gasteiger partial charge in [-0.05, 0) is 81.3 Å². The molecular weight excluding hydrogens is 588 g/mol. The number of benzene rings is 3. The highest BCUT2D eigenvalue weighted by Crippen LogP contribution is 2.30. The van der Waals surface area contributed by atoms with Crippen LogP contribution in [0.3, 0.4) is 0 Å². The van der Waals surface area contributed by atoms with Gasteiger partial charge in [0, 0.05) is 24.8 Å². The summed E-state index contributed by atoms with van der Waals surface area (Å²) in [6.07, 6.45) is 0.615. The lowest BCUT2D eigenvalue weighted by molar-refractivity contribution is -0.166. The first-order valence-electron chi connectivity index (χ1n) is 15.5. The number of carbonyl (C=O) groups is 4. The number of nitrogens with two attached hydrogens (primary N) is 1. The molecule has 0 spiro atoms. The lowest BCUT2D eigenvalue weighted by Crippen LogP contribution is -2.45. The molecule has 3 atom stereocenters. The molecule has 0 unspecified atom stereocenters. The predicted molar refractivity (Wildman–Crippen MR) is 175 cm³/mol. The standard InChI is InChI=1S/C20H18O8.C16H26N2/c1-11-3-7-13(8-4-11)19(25)27-15(17(21)22)16(18(23)24)28-20(26)14-9-5-12(2)6-10-14;1-13(2)12-15(17)14-8-4-5-9-16(14)18-10-6-3-7-11-18/h3-10,15-16H,1-2H3,(H,21,22)(H,23,24);4-5,8-9,13,15H,3,6-7,10-12,17H2,1-2H3/t15-,16-;15-/m00/s1. The Morgan fingerprint density at radius 3 is 1.57 bits per heavy atom. The molecule has 0 saturated carbocycles. The maximum atomic E-state index is 12.2. The third-order valence-electron chi connectivity index (χ3n) is 7.56. The third kappa shape index (κ3) is 10.4. The van der Waals surface area contributed by atoms with Crippen molar-refractivity contribution in [1.29, 1.82) is 0 Å². The normalized spacial score (nSPS) is 14.7. The summed E-state index contributed by atoms with van der Waals surface area (Å²) in [6.45, 7) is 10.4. The van der Waals surface area contributed by atoms with E-state index in [1.165, 1.54) is 67.9 Å². The van der Waals surface area contributed by atoms with Crippen LogP contribution >= 0.6 is 0 Å². The van der Waals surface area contributed by atoms with E-state index in [2.05, 4.69) is 43.0 Å². The van der Waals surface area contributed by atoms with E-state index in [0.29, 0.717) is 5.92 Å². The largest absolute Gasteiger partial charge is 0.478 e. The average molecular weight is 633 g/mol. The molecule has 3 aromatic rings. The minimum Gasteiger partial charge on any atom is -0.478 e. The lowest BCUT2D eigenvalue weighted by atomic mass is 9.95. The second kappa shape index (κ2) is 17.1. The van der Waals surface area contributed by atoms with Gasteiger partial charge in [-0.15, -0.1) is 0 Å². The molecule has 0 amide bonds. The van der Waals surface area contributed by atoms with Crippen LogP contribution in [0, 0.1) is 19.8 Å². The Morgan fingerprint density at radius 2 is 1.15 bits per heavy atom. The van der Waals surface area contributed by atoms with Gasteiger partial charge in [0.05, 0.1) is 11.1 Å². The number of carboxylic acids is 2. The van der Waals surface area contributed by atoms with E-state index in [0.717, 1.165) is 17.5 Å². The smallest absolute Gasteiger partial charge is 0.349 e. The van der Waals surface area contributed by atoms with Gasteiger partial charge in [-0.1, -0.05) is 67.4 Å². The van der Waals surface area contributed by atoms with Gasteiger partial charge in [0.2, 0.25) is 12.2 Å². The molecule has 46 heavy (non-hydrogen) atoms. The fourth-order valence-corrected chi connectivity index (χ4v) is 5.09. The van der Waals surface area contributed by atoms with Crippen molar-refractivity contribution in [2.24, 2.45) is 11.7 Å². The van der Waals surface area contributed by atoms with Crippen molar-refractivity contribution in [3.05, 3.63) is 101 Å². The van der Waals surface area contributed by atoms with Gasteiger partial charge < -0.3 is 30.3 Å². The number of rotatable bonds is 11. The number of carbonyl (C=O) groups excluding carboxylic acids is 2. The average Bonchev–Trinajstić information content (AvgIpc) is 3.03. The van der Waals surface area contributed by atoms with Crippen LogP contribution in [-0.4, -0.2) is 59.4 Å². The number of hydrogen-bond acceptors (Lipinski definition) is 8. The van der Waals surface area contributed by atoms with Crippen LogP contribution in [0.2, 0.25) is 0 Å². The number of hydrogen-bond donors (Lipinski definition) is 3. The van der Waals surface area contributed by atoms with Gasteiger partial charge in [0.15, 0.2) is 0 Å². The first-order valence-corrected chi connectivity index (χ1v) is 15.5. The summed E-state index contributed by atoms with van der Waals surface area (Å²) in [5.41, 5.74) is 10.9. The molecule has 1 saturated heterocycles. The Bertz CT molecular complexity index is 1390. The molecule has 1 aliphatic heterocycles. The molecule has 4 N–H and O–H groups in total. The monoisotopic (exact) mass is 632 g/mol. The zero-order chi connectivity index (χ0) is 33.8. The minimum atomic E-state index is -2.22. The number of esters is 2. The van der Waals surface area contributed by atoms with Crippen LogP contribution < -0.4 is 10.6 Å². The minimum absolute atomic E-state index is 0.0332. The Hall–Kier alpha value is -4.70. The molecule has 1 heterocycles. The van der Waals surface area contributed by atoms with Crippen LogP contribution in [0.4, 0.5) is 5.69 Å². The predicted octanol–water partition coefficient (Wildman–Crippen LogP) is 5.95. The van der Waals surface area contributed by atoms with Crippen LogP contribution in [0.1, 0.15) is 83.0 Å². The Labute approximate surface area is 270 Å². The summed E-state index contributed by atoms with van der Waals surface area (Å²) in [5.74, 6) is -4.97. The number of carboxylic acid groups (broad SMARTS) is 2. The number of ether oxygens (including phenoxy) is 2. The number of nitrogens with zero attached hydrogens (tertiary/aromatic N) is 1. The summed E-state index contributed by atoms with van der Waals surface area (Å²) in [5, 5.41) is 18.6. The van der Waals surface area contributed by atoms with Crippen molar-refractivity contribution in [2.75, 3.05) is 18.0 Å². The highest BCUT2D eigenvalue weighted by molar-refractivity contribution is 5.95. The topological polar surface area (TPSA) is 156 Å². The fraction of sp³-hybridized carbons (Fsp3) is 0.389. The molecule has 0 bridgehead atoms. The SMILES string of the molecule is CC(C)C[C@H](N)c1ccccc1N1CCCCC1.Cc1ccc(C(=O)O[C@H](C(=O)O)[C@H](OC(=O)c2ccc(C)cc2)C(=O)O)cc1. The Balaban J connectivity index is 0.000000275. The van der Waals surface area contributed by atoms with E-state index in [1.54, 1.807) is 38.1 Å². The summed E-state index contributed by atoms with van der Waals surface area (Å²) >= 11 is 0. The second-order valence-corrected chi connectivity index (χ2v) is 11.9. The van der Waals surface area contributed by atoms with E-state index in [-0.39, 0.29) is 17.2 Å². The molecule has 1 aliphatic rings. The lowest BCUT2D eigenvalue weighted by Gasteiger charge is -2.32. The van der Waals surface area contributed by atoms with Crippen LogP contribution in [0.25, 0.3) is 0 Å². The van der Waals surface area contributed by atoms with Crippen molar-refractivity contribution in [1.82, 2.24) is 0 Å². The zero-order valence-electron chi connectivity index (χ0n) is 26.8. The van der Waals surface area contributed by atoms with E-state index in [9.17, 15) is 29.4 Å². The quantitative estimate of drug-likeness (QED) is 0.216. The highest BCUT2D eigenvalue weighted by Gasteiger charge is 2.41. The second-order valence-electron chi connectivity index (χ2n) is 11.9. The van der Waals surface area contributed by atoms with Crippen molar-refractivity contribution in [3.8, 4) is 0 Å². The molecule has 10 heteroatoms. The van der Waals surface area contributed by atoms with Gasteiger partial charge >= 0.3 is 23.9 Å². The van der Waals surface area contributed by atoms with E-state index >= 15 is 0 Å². The summed E-state index contributed by atoms with van der Waals surface area (Å²) in [7, 11) is 0. The molecule has 1 fully saturated rings. The van der Waals surface area contributed by atoms with Crippen LogP contribution in [-0.2, 0) is 19.1 Å². The molecule has 4 rings (SSSR count). The summed E-state index contributed by atoms with van der Waals surface area (Å²) in [6, 6.07) is 20.9. The van der Waals surface area contributed by atoms with Crippen molar-refractivity contribution in [2.45, 2.75) is 71.6 Å². The van der Waals surface area contributed by atoms with Crippen molar-refractivity contribution in [3.63, 3.8) is 0 Å². The Kier molecular flexibility index (Phi) is 13.3. The molecule has 0 aromatic heterocycles. The first kappa shape index (κ1) is 35.8. The van der Waals surface area contributed by atoms with E-state index in [1.807, 2.05) is 0 Å². The van der Waals surface area contributed by atoms with Gasteiger partial charge in [0.25, 0.3) is 0 Å². The third-order valence-corrected chi connectivity index (χ3v) is 7.56. The van der Waals surface area contributed by atoms with Crippen LogP contribution in [0.5, 0.6) is 0 Å². The molecular formula is C36H44N2O8. The van der Waals surface area contributed by atoms with Gasteiger partial charge in [-0.2, -0.15) is 0 Å². The summed E-state index contributed by atoms with van der Waals surface area (Å²) in [4.78, 5) is 49.9. The number of aliphatic carboxylic acids is 2. The maximum Gasteiger partial charge on any atom is 0.349 e. The Morgan fingerprint density at radius 1 is 0.717 bits per heavy atom. The number of anilines is 1. The number of para-hydroxylation sites is 1. The van der Waals surface area contributed by atoms with Crippen molar-refractivity contribution < 1.29 is 38.9 Å². The molecule has 0 radical (unpaired) electrons.